The first-order chi connectivity index (χ1) is 4.81. The molecule has 1 atom stereocenters. The molecule has 1 rings (SSSR count). The van der Waals surface area contributed by atoms with E-state index in [-0.39, 0.29) is 0 Å². The third-order valence-electron chi connectivity index (χ3n) is 1.26. The van der Waals surface area contributed by atoms with Crippen molar-refractivity contribution in [3.8, 4) is 0 Å². The summed E-state index contributed by atoms with van der Waals surface area (Å²) in [5.41, 5.74) is 0. The normalized spacial score (nSPS) is 30.6. The number of rotatable bonds is 0. The molecule has 1 aliphatic heterocycles. The van der Waals surface area contributed by atoms with Gasteiger partial charge < -0.3 is 0 Å². The van der Waals surface area contributed by atoms with Crippen LogP contribution in [0.2, 0.25) is 0 Å². The standard InChI is InChI=1S/C4H5F3O3S/c5-4(6,7)3-1-2-11(8,9)10-3/h3H,1-2H2. The van der Waals surface area contributed by atoms with Crippen LogP contribution in [0.3, 0.4) is 0 Å². The third kappa shape index (κ3) is 2.06. The fourth-order valence-electron chi connectivity index (χ4n) is 0.743. The summed E-state index contributed by atoms with van der Waals surface area (Å²) >= 11 is 0. The first kappa shape index (κ1) is 8.79. The molecule has 0 saturated carbocycles. The summed E-state index contributed by atoms with van der Waals surface area (Å²) in [6.07, 6.45) is -7.19. The molecule has 1 fully saturated rings. The van der Waals surface area contributed by atoms with E-state index in [1.54, 1.807) is 0 Å². The van der Waals surface area contributed by atoms with Crippen LogP contribution in [0.1, 0.15) is 6.42 Å². The van der Waals surface area contributed by atoms with Crippen molar-refractivity contribution in [3.05, 3.63) is 0 Å². The van der Waals surface area contributed by atoms with Gasteiger partial charge in [-0.05, 0) is 0 Å². The molecule has 11 heavy (non-hydrogen) atoms. The molecule has 0 amide bonds. The maximum atomic E-state index is 11.7. The van der Waals surface area contributed by atoms with Gasteiger partial charge in [-0.25, -0.2) is 0 Å². The van der Waals surface area contributed by atoms with Gasteiger partial charge in [0.1, 0.15) is 0 Å². The summed E-state index contributed by atoms with van der Waals surface area (Å²) in [4.78, 5) is 0. The lowest BCUT2D eigenvalue weighted by Gasteiger charge is -2.10. The van der Waals surface area contributed by atoms with E-state index in [0.717, 1.165) is 0 Å². The van der Waals surface area contributed by atoms with Crippen molar-refractivity contribution in [1.82, 2.24) is 0 Å². The van der Waals surface area contributed by atoms with E-state index in [1.807, 2.05) is 0 Å². The predicted molar refractivity (Wildman–Crippen MR) is 29.3 cm³/mol. The largest absolute Gasteiger partial charge is 0.416 e. The highest BCUT2D eigenvalue weighted by Gasteiger charge is 2.47. The number of alkyl halides is 3. The van der Waals surface area contributed by atoms with E-state index in [0.29, 0.717) is 0 Å². The molecule has 0 aromatic rings. The van der Waals surface area contributed by atoms with Crippen molar-refractivity contribution in [2.24, 2.45) is 0 Å². The van der Waals surface area contributed by atoms with Crippen molar-refractivity contribution >= 4 is 10.1 Å². The average Bonchev–Trinajstić information content (AvgIpc) is 2.07. The minimum Gasteiger partial charge on any atom is -0.257 e. The molecular weight excluding hydrogens is 185 g/mol. The van der Waals surface area contributed by atoms with Crippen LogP contribution >= 0.6 is 0 Å². The SMILES string of the molecule is O=S1(=O)CCC(C(F)(F)F)O1. The molecule has 1 saturated heterocycles. The summed E-state index contributed by atoms with van der Waals surface area (Å²) in [6, 6.07) is 0. The van der Waals surface area contributed by atoms with Crippen LogP contribution in [-0.2, 0) is 14.3 Å². The summed E-state index contributed by atoms with van der Waals surface area (Å²) in [5.74, 6) is -0.544. The van der Waals surface area contributed by atoms with E-state index in [2.05, 4.69) is 4.18 Å². The molecule has 0 aliphatic carbocycles. The molecule has 1 aliphatic rings. The van der Waals surface area contributed by atoms with Crippen LogP contribution in [0.5, 0.6) is 0 Å². The second-order valence-electron chi connectivity index (χ2n) is 2.18. The van der Waals surface area contributed by atoms with E-state index >= 15 is 0 Å². The highest BCUT2D eigenvalue weighted by Crippen LogP contribution is 2.31. The smallest absolute Gasteiger partial charge is 0.257 e. The second-order valence-corrected chi connectivity index (χ2v) is 3.89. The van der Waals surface area contributed by atoms with Crippen molar-refractivity contribution in [2.75, 3.05) is 5.75 Å². The maximum Gasteiger partial charge on any atom is 0.416 e. The van der Waals surface area contributed by atoms with Crippen LogP contribution in [-0.4, -0.2) is 26.5 Å². The maximum absolute atomic E-state index is 11.7. The summed E-state index contributed by atoms with van der Waals surface area (Å²) in [5, 5.41) is 0. The van der Waals surface area contributed by atoms with Gasteiger partial charge in [0.15, 0.2) is 6.10 Å². The van der Waals surface area contributed by atoms with Gasteiger partial charge in [0.05, 0.1) is 5.75 Å². The van der Waals surface area contributed by atoms with Crippen LogP contribution in [0.4, 0.5) is 13.2 Å². The fraction of sp³-hybridized carbons (Fsp3) is 1.00. The molecule has 0 radical (unpaired) electrons. The Hall–Kier alpha value is -0.300. The summed E-state index contributed by atoms with van der Waals surface area (Å²) < 4.78 is 59.6. The Labute approximate surface area is 61.3 Å². The van der Waals surface area contributed by atoms with E-state index in [1.165, 1.54) is 0 Å². The lowest BCUT2D eigenvalue weighted by Crippen LogP contribution is -2.28. The molecule has 0 spiro atoms. The number of hydrogen-bond acceptors (Lipinski definition) is 3. The summed E-state index contributed by atoms with van der Waals surface area (Å²) in [6.45, 7) is 0. The van der Waals surface area contributed by atoms with Gasteiger partial charge in [0.25, 0.3) is 10.1 Å². The minimum absolute atomic E-state index is 0.494. The Balaban J connectivity index is 2.70. The van der Waals surface area contributed by atoms with Gasteiger partial charge in [-0.2, -0.15) is 21.6 Å². The lowest BCUT2D eigenvalue weighted by atomic mass is 10.3. The van der Waals surface area contributed by atoms with E-state index < -0.39 is 34.6 Å². The van der Waals surface area contributed by atoms with Crippen molar-refractivity contribution in [3.63, 3.8) is 0 Å². The topological polar surface area (TPSA) is 43.4 Å². The average molecular weight is 190 g/mol. The molecule has 0 aromatic carbocycles. The van der Waals surface area contributed by atoms with Gasteiger partial charge in [0.2, 0.25) is 0 Å². The summed E-state index contributed by atoms with van der Waals surface area (Å²) in [7, 11) is -3.90. The molecule has 3 nitrogen and oxygen atoms in total. The third-order valence-corrected chi connectivity index (χ3v) is 2.52. The van der Waals surface area contributed by atoms with Crippen LogP contribution in [0, 0.1) is 0 Å². The Morgan fingerprint density at radius 2 is 1.91 bits per heavy atom. The van der Waals surface area contributed by atoms with Gasteiger partial charge in [-0.3, -0.25) is 4.18 Å². The Morgan fingerprint density at radius 1 is 1.36 bits per heavy atom. The number of hydrogen-bond donors (Lipinski definition) is 0. The Bertz CT molecular complexity index is 242. The van der Waals surface area contributed by atoms with Crippen LogP contribution in [0.15, 0.2) is 0 Å². The monoisotopic (exact) mass is 190 g/mol. The molecule has 1 unspecified atom stereocenters. The second kappa shape index (κ2) is 2.34. The highest BCUT2D eigenvalue weighted by molar-refractivity contribution is 7.86. The van der Waals surface area contributed by atoms with Crippen LogP contribution in [0.25, 0.3) is 0 Å². The fourth-order valence-corrected chi connectivity index (χ4v) is 1.90. The molecule has 0 bridgehead atoms. The molecule has 7 heteroatoms. The van der Waals surface area contributed by atoms with Gasteiger partial charge >= 0.3 is 6.18 Å². The van der Waals surface area contributed by atoms with E-state index in [9.17, 15) is 21.6 Å². The van der Waals surface area contributed by atoms with Gasteiger partial charge in [0, 0.05) is 6.42 Å². The first-order valence-corrected chi connectivity index (χ1v) is 4.37. The molecule has 66 valence electrons. The Kier molecular flexibility index (Phi) is 1.87. The quantitative estimate of drug-likeness (QED) is 0.527. The molecule has 0 aromatic heterocycles. The molecule has 1 heterocycles. The van der Waals surface area contributed by atoms with Crippen molar-refractivity contribution in [2.45, 2.75) is 18.7 Å². The van der Waals surface area contributed by atoms with Gasteiger partial charge in [-0.1, -0.05) is 0 Å². The minimum atomic E-state index is -4.57. The Morgan fingerprint density at radius 3 is 2.09 bits per heavy atom. The predicted octanol–water partition coefficient (Wildman–Crippen LogP) is 0.667. The number of halogens is 3. The van der Waals surface area contributed by atoms with Crippen LogP contribution < -0.4 is 0 Å². The van der Waals surface area contributed by atoms with Gasteiger partial charge in [-0.15, -0.1) is 0 Å². The zero-order valence-electron chi connectivity index (χ0n) is 5.26. The lowest BCUT2D eigenvalue weighted by molar-refractivity contribution is -0.189. The van der Waals surface area contributed by atoms with Crippen molar-refractivity contribution in [1.29, 1.82) is 0 Å². The first-order valence-electron chi connectivity index (χ1n) is 2.79. The van der Waals surface area contributed by atoms with E-state index in [4.69, 9.17) is 0 Å². The highest BCUT2D eigenvalue weighted by atomic mass is 32.2. The van der Waals surface area contributed by atoms with Crippen molar-refractivity contribution < 1.29 is 25.8 Å². The zero-order chi connectivity index (χ0) is 8.70. The zero-order valence-corrected chi connectivity index (χ0v) is 6.07. The molecule has 0 N–H and O–H groups in total. The molecular formula is C4H5F3O3S.